The van der Waals surface area contributed by atoms with Crippen molar-refractivity contribution in [3.8, 4) is 0 Å². The average molecular weight is 388 g/mol. The van der Waals surface area contributed by atoms with Crippen LogP contribution in [0.5, 0.6) is 0 Å². The topological polar surface area (TPSA) is 104 Å². The van der Waals surface area contributed by atoms with Gasteiger partial charge in [0.2, 0.25) is 5.91 Å². The highest BCUT2D eigenvalue weighted by Gasteiger charge is 2.48. The van der Waals surface area contributed by atoms with Gasteiger partial charge in [0.05, 0.1) is 11.8 Å². The second-order valence-corrected chi connectivity index (χ2v) is 9.08. The number of Topliss-reactive ketones (excluding diaryl/α,β-unsaturated/α-hetero) is 2. The van der Waals surface area contributed by atoms with E-state index < -0.39 is 12.0 Å². The highest BCUT2D eigenvalue weighted by molar-refractivity contribution is 8.14. The zero-order valence-electron chi connectivity index (χ0n) is 15.7. The van der Waals surface area contributed by atoms with Gasteiger partial charge >= 0.3 is 0 Å². The molecule has 1 aromatic rings. The van der Waals surface area contributed by atoms with Crippen LogP contribution in [-0.2, 0) is 20.8 Å². The standard InChI is InChI=1S/C20H25N3O3S/c1-20(2)9-14(24)17(15(25)10-20)18-13-6-4-3-5-12(13)7-8-23(18)16(26)11-27-19(21)22/h3-6,17-18H,7-11H2,1-2H3,(H3,21,22)/t18-/m0/s1. The minimum Gasteiger partial charge on any atom is -0.379 e. The molecule has 144 valence electrons. The number of hydrogen-bond donors (Lipinski definition) is 2. The van der Waals surface area contributed by atoms with Crippen LogP contribution in [0.25, 0.3) is 0 Å². The Balaban J connectivity index is 1.98. The van der Waals surface area contributed by atoms with E-state index in [0.717, 1.165) is 22.9 Å². The molecule has 1 saturated carbocycles. The molecule has 0 aromatic heterocycles. The Hall–Kier alpha value is -2.15. The molecule has 1 amide bonds. The highest BCUT2D eigenvalue weighted by Crippen LogP contribution is 2.43. The molecule has 0 bridgehead atoms. The maximum absolute atomic E-state index is 12.9. The largest absolute Gasteiger partial charge is 0.379 e. The van der Waals surface area contributed by atoms with Crippen LogP contribution in [0, 0.1) is 16.7 Å². The van der Waals surface area contributed by atoms with Gasteiger partial charge in [-0.15, -0.1) is 0 Å². The van der Waals surface area contributed by atoms with Crippen molar-refractivity contribution in [2.75, 3.05) is 12.3 Å². The van der Waals surface area contributed by atoms with Crippen molar-refractivity contribution in [1.82, 2.24) is 4.90 Å². The Morgan fingerprint density at radius 2 is 1.89 bits per heavy atom. The van der Waals surface area contributed by atoms with E-state index in [1.165, 1.54) is 0 Å². The number of benzene rings is 1. The van der Waals surface area contributed by atoms with Gasteiger partial charge < -0.3 is 10.6 Å². The van der Waals surface area contributed by atoms with Gasteiger partial charge in [-0.2, -0.15) is 0 Å². The molecule has 1 aliphatic heterocycles. The Morgan fingerprint density at radius 3 is 2.52 bits per heavy atom. The molecule has 2 aliphatic rings. The number of nitrogens with two attached hydrogens (primary N) is 1. The van der Waals surface area contributed by atoms with E-state index in [-0.39, 0.29) is 33.8 Å². The van der Waals surface area contributed by atoms with Crippen LogP contribution < -0.4 is 5.73 Å². The Bertz CT molecular complexity index is 785. The minimum absolute atomic E-state index is 0.0363. The van der Waals surface area contributed by atoms with Crippen LogP contribution in [0.4, 0.5) is 0 Å². The third-order valence-electron chi connectivity index (χ3n) is 5.32. The third kappa shape index (κ3) is 4.08. The second-order valence-electron chi connectivity index (χ2n) is 8.06. The van der Waals surface area contributed by atoms with Crippen LogP contribution in [0.15, 0.2) is 24.3 Å². The van der Waals surface area contributed by atoms with Crippen molar-refractivity contribution in [2.24, 2.45) is 17.1 Å². The molecule has 1 aliphatic carbocycles. The molecule has 1 heterocycles. The summed E-state index contributed by atoms with van der Waals surface area (Å²) in [6.45, 7) is 4.32. The molecule has 1 fully saturated rings. The summed E-state index contributed by atoms with van der Waals surface area (Å²) in [5.74, 6) is -1.15. The fourth-order valence-corrected chi connectivity index (χ4v) is 4.66. The number of amides is 1. The van der Waals surface area contributed by atoms with Crippen molar-refractivity contribution >= 4 is 34.4 Å². The SMILES string of the molecule is CC1(C)CC(=O)C([C@@H]2c3ccccc3CCN2C(=O)CSC(=N)N)C(=O)C1. The summed E-state index contributed by atoms with van der Waals surface area (Å²) in [6, 6.07) is 7.16. The lowest BCUT2D eigenvalue weighted by Gasteiger charge is -2.43. The number of ketones is 2. The van der Waals surface area contributed by atoms with Crippen LogP contribution in [-0.4, -0.2) is 39.8 Å². The highest BCUT2D eigenvalue weighted by atomic mass is 32.2. The molecule has 1 atom stereocenters. The van der Waals surface area contributed by atoms with E-state index in [0.29, 0.717) is 25.8 Å². The van der Waals surface area contributed by atoms with Crippen LogP contribution in [0.1, 0.15) is 43.9 Å². The number of carbonyl (C=O) groups is 3. The molecular formula is C20H25N3O3S. The van der Waals surface area contributed by atoms with Crippen LogP contribution in [0.3, 0.4) is 0 Å². The predicted molar refractivity (Wildman–Crippen MR) is 105 cm³/mol. The maximum atomic E-state index is 12.9. The number of amidine groups is 1. The van der Waals surface area contributed by atoms with Gasteiger partial charge in [0.25, 0.3) is 0 Å². The van der Waals surface area contributed by atoms with E-state index in [4.69, 9.17) is 11.1 Å². The number of nitrogens with zero attached hydrogens (tertiary/aromatic N) is 1. The smallest absolute Gasteiger partial charge is 0.233 e. The Morgan fingerprint density at radius 1 is 1.26 bits per heavy atom. The maximum Gasteiger partial charge on any atom is 0.233 e. The number of nitrogens with one attached hydrogen (secondary N) is 1. The van der Waals surface area contributed by atoms with Crippen molar-refractivity contribution in [3.63, 3.8) is 0 Å². The van der Waals surface area contributed by atoms with E-state index in [1.807, 2.05) is 38.1 Å². The van der Waals surface area contributed by atoms with Gasteiger partial charge in [0, 0.05) is 19.4 Å². The molecular weight excluding hydrogens is 362 g/mol. The lowest BCUT2D eigenvalue weighted by molar-refractivity contribution is -0.146. The first-order valence-corrected chi connectivity index (χ1v) is 10.1. The molecule has 27 heavy (non-hydrogen) atoms. The molecule has 1 aromatic carbocycles. The summed E-state index contributed by atoms with van der Waals surface area (Å²) in [6.07, 6.45) is 1.36. The molecule has 3 rings (SSSR count). The number of hydrogen-bond acceptors (Lipinski definition) is 5. The van der Waals surface area contributed by atoms with Gasteiger partial charge in [-0.3, -0.25) is 19.8 Å². The second kappa shape index (κ2) is 7.46. The fraction of sp³-hybridized carbons (Fsp3) is 0.500. The first-order chi connectivity index (χ1) is 12.7. The van der Waals surface area contributed by atoms with Gasteiger partial charge in [0.15, 0.2) is 5.17 Å². The number of fused-ring (bicyclic) bond motifs is 1. The van der Waals surface area contributed by atoms with Crippen molar-refractivity contribution in [3.05, 3.63) is 35.4 Å². The van der Waals surface area contributed by atoms with Crippen molar-refractivity contribution in [1.29, 1.82) is 5.41 Å². The molecule has 6 nitrogen and oxygen atoms in total. The Kier molecular flexibility index (Phi) is 5.42. The predicted octanol–water partition coefficient (Wildman–Crippen LogP) is 2.31. The van der Waals surface area contributed by atoms with Crippen LogP contribution in [0.2, 0.25) is 0 Å². The zero-order chi connectivity index (χ0) is 19.8. The monoisotopic (exact) mass is 387 g/mol. The Labute approximate surface area is 163 Å². The molecule has 3 N–H and O–H groups in total. The summed E-state index contributed by atoms with van der Waals surface area (Å²) in [5.41, 5.74) is 7.00. The van der Waals surface area contributed by atoms with Gasteiger partial charge in [-0.25, -0.2) is 0 Å². The summed E-state index contributed by atoms with van der Waals surface area (Å²) < 4.78 is 0. The zero-order valence-corrected chi connectivity index (χ0v) is 16.5. The molecule has 0 spiro atoms. The quantitative estimate of drug-likeness (QED) is 0.470. The summed E-state index contributed by atoms with van der Waals surface area (Å²) >= 11 is 0.964. The average Bonchev–Trinajstić information content (AvgIpc) is 2.58. The third-order valence-corrected chi connectivity index (χ3v) is 6.02. The fourth-order valence-electron chi connectivity index (χ4n) is 4.22. The van der Waals surface area contributed by atoms with Gasteiger partial charge in [0.1, 0.15) is 17.5 Å². The first kappa shape index (κ1) is 19.6. The first-order valence-electron chi connectivity index (χ1n) is 9.09. The summed E-state index contributed by atoms with van der Waals surface area (Å²) in [7, 11) is 0. The van der Waals surface area contributed by atoms with Gasteiger partial charge in [-0.1, -0.05) is 49.9 Å². The molecule has 0 saturated heterocycles. The normalized spacial score (nSPS) is 22.4. The van der Waals surface area contributed by atoms with Gasteiger partial charge in [-0.05, 0) is 23.0 Å². The molecule has 0 radical (unpaired) electrons. The van der Waals surface area contributed by atoms with E-state index in [9.17, 15) is 14.4 Å². The van der Waals surface area contributed by atoms with Crippen molar-refractivity contribution < 1.29 is 14.4 Å². The van der Waals surface area contributed by atoms with Crippen molar-refractivity contribution in [2.45, 2.75) is 39.2 Å². The van der Waals surface area contributed by atoms with E-state index in [2.05, 4.69) is 0 Å². The molecule has 7 heteroatoms. The summed E-state index contributed by atoms with van der Waals surface area (Å²) in [4.78, 5) is 40.4. The number of thioether (sulfide) groups is 1. The van der Waals surface area contributed by atoms with Crippen LogP contribution >= 0.6 is 11.8 Å². The minimum atomic E-state index is -0.814. The number of carbonyl (C=O) groups excluding carboxylic acids is 3. The lowest BCUT2D eigenvalue weighted by Crippen LogP contribution is -2.50. The lowest BCUT2D eigenvalue weighted by atomic mass is 9.67. The van der Waals surface area contributed by atoms with E-state index in [1.54, 1.807) is 4.90 Å². The number of rotatable bonds is 3. The van der Waals surface area contributed by atoms with E-state index >= 15 is 0 Å². The summed E-state index contributed by atoms with van der Waals surface area (Å²) in [5, 5.41) is 7.21. The molecule has 0 unspecified atom stereocenters.